The maximum absolute atomic E-state index is 10.2. The summed E-state index contributed by atoms with van der Waals surface area (Å²) in [5, 5.41) is 0. The van der Waals surface area contributed by atoms with Crippen LogP contribution in [-0.2, 0) is 28.8 Å². The fourth-order valence-electron chi connectivity index (χ4n) is 1.25. The van der Waals surface area contributed by atoms with E-state index in [0.29, 0.717) is 52.7 Å². The maximum atomic E-state index is 10.2. The van der Waals surface area contributed by atoms with Crippen LogP contribution in [0.4, 0.5) is 0 Å². The van der Waals surface area contributed by atoms with Gasteiger partial charge in [0, 0.05) is 26.6 Å². The molecular formula is C12H25NO6. The number of hydrogen-bond acceptors (Lipinski definition) is 7. The van der Waals surface area contributed by atoms with Gasteiger partial charge < -0.3 is 19.0 Å². The first-order chi connectivity index (χ1) is 9.35. The van der Waals surface area contributed by atoms with Crippen LogP contribution in [0, 0.1) is 0 Å². The lowest BCUT2D eigenvalue weighted by Gasteiger charge is -2.21. The van der Waals surface area contributed by atoms with Crippen molar-refractivity contribution in [3.8, 4) is 0 Å². The highest BCUT2D eigenvalue weighted by Gasteiger charge is 2.05. The van der Waals surface area contributed by atoms with Crippen LogP contribution in [0.1, 0.15) is 6.42 Å². The standard InChI is InChI=1S/C12H25NO6/c1-15-10-11-17-8-4-13(5-9-19-16-2)12-18-7-3-6-14/h6H,3-5,7-12H2,1-2H3. The number of methoxy groups -OCH3 is 1. The summed E-state index contributed by atoms with van der Waals surface area (Å²) in [5.74, 6) is 0. The molecule has 0 radical (unpaired) electrons. The zero-order chi connectivity index (χ0) is 14.2. The highest BCUT2D eigenvalue weighted by Crippen LogP contribution is 1.92. The van der Waals surface area contributed by atoms with Crippen molar-refractivity contribution in [2.45, 2.75) is 6.42 Å². The second-order valence-electron chi connectivity index (χ2n) is 3.70. The largest absolute Gasteiger partial charge is 0.382 e. The first-order valence-electron chi connectivity index (χ1n) is 6.31. The van der Waals surface area contributed by atoms with Crippen molar-refractivity contribution in [3.63, 3.8) is 0 Å². The second kappa shape index (κ2) is 15.5. The van der Waals surface area contributed by atoms with E-state index in [1.165, 1.54) is 7.11 Å². The molecule has 19 heavy (non-hydrogen) atoms. The van der Waals surface area contributed by atoms with Gasteiger partial charge >= 0.3 is 0 Å². The molecule has 7 nitrogen and oxygen atoms in total. The summed E-state index contributed by atoms with van der Waals surface area (Å²) in [6, 6.07) is 0. The fraction of sp³-hybridized carbons (Fsp3) is 0.917. The number of rotatable bonds is 15. The molecular weight excluding hydrogens is 254 g/mol. The summed E-state index contributed by atoms with van der Waals surface area (Å²) in [5.41, 5.74) is 0. The SMILES string of the molecule is COCCOCCN(CCOOC)COCCC=O. The summed E-state index contributed by atoms with van der Waals surface area (Å²) in [6.07, 6.45) is 1.25. The Bertz CT molecular complexity index is 193. The average molecular weight is 279 g/mol. The molecule has 0 aliphatic rings. The lowest BCUT2D eigenvalue weighted by molar-refractivity contribution is -0.274. The van der Waals surface area contributed by atoms with Crippen LogP contribution in [0.5, 0.6) is 0 Å². The van der Waals surface area contributed by atoms with E-state index in [-0.39, 0.29) is 0 Å². The summed E-state index contributed by atoms with van der Waals surface area (Å²) < 4.78 is 15.6. The summed E-state index contributed by atoms with van der Waals surface area (Å²) in [4.78, 5) is 21.5. The Balaban J connectivity index is 3.66. The van der Waals surface area contributed by atoms with E-state index >= 15 is 0 Å². The Morgan fingerprint density at radius 2 is 1.74 bits per heavy atom. The predicted molar refractivity (Wildman–Crippen MR) is 68.7 cm³/mol. The average Bonchev–Trinajstić information content (AvgIpc) is 2.42. The highest BCUT2D eigenvalue weighted by atomic mass is 17.2. The minimum atomic E-state index is 0.409. The van der Waals surface area contributed by atoms with Gasteiger partial charge in [-0.1, -0.05) is 0 Å². The molecule has 0 aromatic carbocycles. The van der Waals surface area contributed by atoms with Gasteiger partial charge in [-0.25, -0.2) is 9.78 Å². The predicted octanol–water partition coefficient (Wildman–Crippen LogP) is 0.0925. The van der Waals surface area contributed by atoms with Gasteiger partial charge in [0.1, 0.15) is 6.29 Å². The van der Waals surface area contributed by atoms with E-state index in [0.717, 1.165) is 12.8 Å². The number of hydrogen-bond donors (Lipinski definition) is 0. The molecule has 0 aliphatic carbocycles. The van der Waals surface area contributed by atoms with Gasteiger partial charge in [-0.3, -0.25) is 4.90 Å². The number of ether oxygens (including phenoxy) is 3. The monoisotopic (exact) mass is 279 g/mol. The molecule has 0 amide bonds. The van der Waals surface area contributed by atoms with Crippen LogP contribution < -0.4 is 0 Å². The van der Waals surface area contributed by atoms with Crippen LogP contribution in [-0.4, -0.2) is 78.3 Å². The molecule has 0 rings (SSSR count). The van der Waals surface area contributed by atoms with E-state index < -0.39 is 0 Å². The molecule has 0 aromatic rings. The van der Waals surface area contributed by atoms with E-state index in [1.54, 1.807) is 7.11 Å². The third-order valence-electron chi connectivity index (χ3n) is 2.25. The van der Waals surface area contributed by atoms with Crippen LogP contribution >= 0.6 is 0 Å². The summed E-state index contributed by atoms with van der Waals surface area (Å²) in [6.45, 7) is 4.46. The molecule has 0 atom stereocenters. The zero-order valence-electron chi connectivity index (χ0n) is 11.8. The van der Waals surface area contributed by atoms with Gasteiger partial charge in [0.2, 0.25) is 0 Å². The number of nitrogens with zero attached hydrogens (tertiary/aromatic N) is 1. The van der Waals surface area contributed by atoms with Crippen molar-refractivity contribution >= 4 is 6.29 Å². The molecule has 114 valence electrons. The zero-order valence-corrected chi connectivity index (χ0v) is 11.8. The molecule has 7 heteroatoms. The van der Waals surface area contributed by atoms with Gasteiger partial charge in [-0.2, -0.15) is 0 Å². The Kier molecular flexibility index (Phi) is 15.0. The fourth-order valence-corrected chi connectivity index (χ4v) is 1.25. The number of aldehydes is 1. The molecule has 0 aliphatic heterocycles. The molecule has 0 saturated heterocycles. The molecule has 0 heterocycles. The Hall–Kier alpha value is -0.570. The van der Waals surface area contributed by atoms with Crippen LogP contribution in [0.15, 0.2) is 0 Å². The smallest absolute Gasteiger partial charge is 0.122 e. The molecule has 0 unspecified atom stereocenters. The maximum Gasteiger partial charge on any atom is 0.122 e. The lowest BCUT2D eigenvalue weighted by atomic mass is 10.5. The number of carbonyl (C=O) groups is 1. The van der Waals surface area contributed by atoms with Crippen molar-refractivity contribution in [3.05, 3.63) is 0 Å². The topological polar surface area (TPSA) is 66.5 Å². The van der Waals surface area contributed by atoms with Crippen molar-refractivity contribution in [2.24, 2.45) is 0 Å². The first kappa shape index (κ1) is 18.4. The number of carbonyl (C=O) groups excluding carboxylic acids is 1. The van der Waals surface area contributed by atoms with Gasteiger partial charge in [0.05, 0.1) is 46.9 Å². The van der Waals surface area contributed by atoms with Gasteiger partial charge in [0.15, 0.2) is 0 Å². The Labute approximate surface area is 114 Å². The Morgan fingerprint density at radius 1 is 0.947 bits per heavy atom. The molecule has 0 aromatic heterocycles. The molecule has 0 spiro atoms. The minimum Gasteiger partial charge on any atom is -0.382 e. The lowest BCUT2D eigenvalue weighted by Crippen LogP contribution is -2.33. The molecule has 0 fully saturated rings. The van der Waals surface area contributed by atoms with Crippen LogP contribution in [0.2, 0.25) is 0 Å². The van der Waals surface area contributed by atoms with Crippen LogP contribution in [0.3, 0.4) is 0 Å². The second-order valence-corrected chi connectivity index (χ2v) is 3.70. The molecule has 0 N–H and O–H groups in total. The van der Waals surface area contributed by atoms with Crippen molar-refractivity contribution < 1.29 is 28.8 Å². The summed E-state index contributed by atoms with van der Waals surface area (Å²) in [7, 11) is 3.11. The van der Waals surface area contributed by atoms with E-state index in [2.05, 4.69) is 4.89 Å². The quantitative estimate of drug-likeness (QED) is 0.138. The Morgan fingerprint density at radius 3 is 2.42 bits per heavy atom. The van der Waals surface area contributed by atoms with Gasteiger partial charge in [-0.05, 0) is 0 Å². The van der Waals surface area contributed by atoms with E-state index in [1.807, 2.05) is 4.90 Å². The third kappa shape index (κ3) is 13.7. The van der Waals surface area contributed by atoms with Crippen molar-refractivity contribution in [1.82, 2.24) is 4.90 Å². The highest BCUT2D eigenvalue weighted by molar-refractivity contribution is 5.49. The van der Waals surface area contributed by atoms with E-state index in [9.17, 15) is 4.79 Å². The third-order valence-corrected chi connectivity index (χ3v) is 2.25. The van der Waals surface area contributed by atoms with E-state index in [4.69, 9.17) is 19.1 Å². The molecule has 0 saturated carbocycles. The first-order valence-corrected chi connectivity index (χ1v) is 6.31. The van der Waals surface area contributed by atoms with Gasteiger partial charge in [-0.15, -0.1) is 0 Å². The van der Waals surface area contributed by atoms with Gasteiger partial charge in [0.25, 0.3) is 0 Å². The normalized spacial score (nSPS) is 11.1. The van der Waals surface area contributed by atoms with Crippen LogP contribution in [0.25, 0.3) is 0 Å². The van der Waals surface area contributed by atoms with Crippen molar-refractivity contribution in [1.29, 1.82) is 0 Å². The summed E-state index contributed by atoms with van der Waals surface area (Å²) >= 11 is 0. The minimum absolute atomic E-state index is 0.409. The van der Waals surface area contributed by atoms with Crippen molar-refractivity contribution in [2.75, 3.05) is 67.1 Å². The molecule has 0 bridgehead atoms.